The zero-order chi connectivity index (χ0) is 17.5. The lowest BCUT2D eigenvalue weighted by molar-refractivity contribution is 0.372. The molecule has 7 nitrogen and oxygen atoms in total. The molecule has 25 heavy (non-hydrogen) atoms. The SMILES string of the molecule is CN(C)S(=O)(=O)c1ccc(Cl)c(-c2nc(C3(N)CCCC3)no2)c1.Cl. The maximum Gasteiger partial charge on any atom is 0.259 e. The second kappa shape index (κ2) is 7.20. The van der Waals surface area contributed by atoms with E-state index in [1.807, 2.05) is 0 Å². The van der Waals surface area contributed by atoms with Gasteiger partial charge in [0.2, 0.25) is 10.0 Å². The maximum atomic E-state index is 12.3. The van der Waals surface area contributed by atoms with E-state index in [1.54, 1.807) is 0 Å². The molecule has 3 rings (SSSR count). The molecule has 138 valence electrons. The number of benzene rings is 1. The number of hydrogen-bond donors (Lipinski definition) is 1. The molecule has 10 heteroatoms. The molecular formula is C15H20Cl2N4O3S. The minimum atomic E-state index is -3.58. The summed E-state index contributed by atoms with van der Waals surface area (Å²) in [5.74, 6) is 0.606. The van der Waals surface area contributed by atoms with Crippen LogP contribution in [0.5, 0.6) is 0 Å². The van der Waals surface area contributed by atoms with Gasteiger partial charge in [0.25, 0.3) is 5.89 Å². The molecule has 1 aromatic heterocycles. The number of rotatable bonds is 4. The Bertz CT molecular complexity index is 861. The van der Waals surface area contributed by atoms with Crippen LogP contribution in [0.25, 0.3) is 11.5 Å². The summed E-state index contributed by atoms with van der Waals surface area (Å²) in [6.07, 6.45) is 3.65. The molecule has 1 fully saturated rings. The van der Waals surface area contributed by atoms with Gasteiger partial charge in [-0.3, -0.25) is 0 Å². The van der Waals surface area contributed by atoms with Gasteiger partial charge in [0.05, 0.1) is 21.0 Å². The van der Waals surface area contributed by atoms with Crippen molar-refractivity contribution < 1.29 is 12.9 Å². The van der Waals surface area contributed by atoms with Crippen LogP contribution in [-0.4, -0.2) is 37.0 Å². The van der Waals surface area contributed by atoms with E-state index in [0.29, 0.717) is 16.4 Å². The minimum absolute atomic E-state index is 0. The highest BCUT2D eigenvalue weighted by molar-refractivity contribution is 7.89. The maximum absolute atomic E-state index is 12.3. The topological polar surface area (TPSA) is 102 Å². The van der Waals surface area contributed by atoms with Gasteiger partial charge in [0, 0.05) is 14.1 Å². The predicted octanol–water partition coefficient (Wildman–Crippen LogP) is 2.79. The molecule has 0 saturated heterocycles. The van der Waals surface area contributed by atoms with Crippen LogP contribution in [0, 0.1) is 0 Å². The molecule has 2 N–H and O–H groups in total. The molecule has 0 radical (unpaired) electrons. The van der Waals surface area contributed by atoms with Crippen molar-refractivity contribution in [2.45, 2.75) is 36.1 Å². The van der Waals surface area contributed by atoms with Gasteiger partial charge < -0.3 is 10.3 Å². The standard InChI is InChI=1S/C15H19ClN4O3S.ClH/c1-20(2)24(21,22)10-5-6-12(16)11(9-10)13-18-14(19-23-13)15(17)7-3-4-8-15;/h5-6,9H,3-4,7-8,17H2,1-2H3;1H. The summed E-state index contributed by atoms with van der Waals surface area (Å²) in [7, 11) is -0.655. The highest BCUT2D eigenvalue weighted by Gasteiger charge is 2.36. The van der Waals surface area contributed by atoms with Gasteiger partial charge in [-0.1, -0.05) is 29.6 Å². The molecule has 1 saturated carbocycles. The van der Waals surface area contributed by atoms with Gasteiger partial charge >= 0.3 is 0 Å². The van der Waals surface area contributed by atoms with Gasteiger partial charge in [-0.05, 0) is 31.0 Å². The van der Waals surface area contributed by atoms with Crippen molar-refractivity contribution in [3.05, 3.63) is 29.0 Å². The van der Waals surface area contributed by atoms with Crippen molar-refractivity contribution in [1.29, 1.82) is 0 Å². The average Bonchev–Trinajstić information content (AvgIpc) is 3.17. The second-order valence-corrected chi connectivity index (χ2v) is 8.77. The van der Waals surface area contributed by atoms with Crippen molar-refractivity contribution >= 4 is 34.0 Å². The molecule has 0 spiro atoms. The molecule has 0 amide bonds. The minimum Gasteiger partial charge on any atom is -0.334 e. The Morgan fingerprint density at radius 1 is 1.28 bits per heavy atom. The number of sulfonamides is 1. The first-order chi connectivity index (χ1) is 11.2. The number of hydrogen-bond acceptors (Lipinski definition) is 6. The number of nitrogens with zero attached hydrogens (tertiary/aromatic N) is 3. The number of halogens is 2. The quantitative estimate of drug-likeness (QED) is 0.836. The van der Waals surface area contributed by atoms with Gasteiger partial charge in [-0.2, -0.15) is 4.98 Å². The molecular weight excluding hydrogens is 387 g/mol. The molecule has 2 aromatic rings. The first-order valence-electron chi connectivity index (χ1n) is 7.59. The molecule has 1 aromatic carbocycles. The average molecular weight is 407 g/mol. The van der Waals surface area contributed by atoms with Gasteiger partial charge in [-0.25, -0.2) is 12.7 Å². The van der Waals surface area contributed by atoms with Gasteiger partial charge in [0.15, 0.2) is 5.82 Å². The van der Waals surface area contributed by atoms with Crippen LogP contribution in [0.1, 0.15) is 31.5 Å². The summed E-state index contributed by atoms with van der Waals surface area (Å²) >= 11 is 6.20. The molecule has 1 aliphatic rings. The highest BCUT2D eigenvalue weighted by atomic mass is 35.5. The fourth-order valence-electron chi connectivity index (χ4n) is 2.80. The monoisotopic (exact) mass is 406 g/mol. The Kier molecular flexibility index (Phi) is 5.80. The smallest absolute Gasteiger partial charge is 0.259 e. The molecule has 0 bridgehead atoms. The van der Waals surface area contributed by atoms with E-state index in [4.69, 9.17) is 21.9 Å². The molecule has 0 unspecified atom stereocenters. The van der Waals surface area contributed by atoms with Crippen molar-refractivity contribution in [2.24, 2.45) is 5.73 Å². The predicted molar refractivity (Wildman–Crippen MR) is 97.2 cm³/mol. The largest absolute Gasteiger partial charge is 0.334 e. The van der Waals surface area contributed by atoms with E-state index >= 15 is 0 Å². The second-order valence-electron chi connectivity index (χ2n) is 6.22. The Hall–Kier alpha value is -1.19. The van der Waals surface area contributed by atoms with E-state index in [0.717, 1.165) is 30.0 Å². The fraction of sp³-hybridized carbons (Fsp3) is 0.467. The summed E-state index contributed by atoms with van der Waals surface area (Å²) in [6.45, 7) is 0. The van der Waals surface area contributed by atoms with E-state index in [-0.39, 0.29) is 23.2 Å². The van der Waals surface area contributed by atoms with Crippen LogP contribution in [0.3, 0.4) is 0 Å². The third-order valence-corrected chi connectivity index (χ3v) is 6.45. The van der Waals surface area contributed by atoms with Crippen molar-refractivity contribution in [2.75, 3.05) is 14.1 Å². The first-order valence-corrected chi connectivity index (χ1v) is 9.41. The van der Waals surface area contributed by atoms with Crippen molar-refractivity contribution in [1.82, 2.24) is 14.4 Å². The Morgan fingerprint density at radius 3 is 2.52 bits per heavy atom. The zero-order valence-electron chi connectivity index (χ0n) is 13.9. The Morgan fingerprint density at radius 2 is 1.92 bits per heavy atom. The van der Waals surface area contributed by atoms with Crippen LogP contribution in [0.2, 0.25) is 5.02 Å². The van der Waals surface area contributed by atoms with Crippen molar-refractivity contribution in [3.63, 3.8) is 0 Å². The summed E-state index contributed by atoms with van der Waals surface area (Å²) in [5.41, 5.74) is 6.12. The van der Waals surface area contributed by atoms with Crippen LogP contribution in [0.15, 0.2) is 27.6 Å². The van der Waals surface area contributed by atoms with Crippen LogP contribution < -0.4 is 5.73 Å². The summed E-state index contributed by atoms with van der Waals surface area (Å²) < 4.78 is 31.0. The third kappa shape index (κ3) is 3.68. The fourth-order valence-corrected chi connectivity index (χ4v) is 3.93. The van der Waals surface area contributed by atoms with Gasteiger partial charge in [-0.15, -0.1) is 12.4 Å². The lowest BCUT2D eigenvalue weighted by atomic mass is 9.99. The van der Waals surface area contributed by atoms with Crippen LogP contribution in [0.4, 0.5) is 0 Å². The molecule has 1 heterocycles. The normalized spacial score (nSPS) is 16.8. The zero-order valence-corrected chi connectivity index (χ0v) is 16.3. The van der Waals surface area contributed by atoms with E-state index < -0.39 is 15.6 Å². The lowest BCUT2D eigenvalue weighted by Crippen LogP contribution is -2.34. The summed E-state index contributed by atoms with van der Waals surface area (Å²) in [6, 6.07) is 4.39. The lowest BCUT2D eigenvalue weighted by Gasteiger charge is -2.17. The Labute approximate surface area is 158 Å². The molecule has 1 aliphatic carbocycles. The van der Waals surface area contributed by atoms with E-state index in [2.05, 4.69) is 10.1 Å². The van der Waals surface area contributed by atoms with Gasteiger partial charge in [0.1, 0.15) is 0 Å². The third-order valence-electron chi connectivity index (χ3n) is 4.31. The number of aromatic nitrogens is 2. The van der Waals surface area contributed by atoms with E-state index in [1.165, 1.54) is 32.3 Å². The molecule has 0 atom stereocenters. The summed E-state index contributed by atoms with van der Waals surface area (Å²) in [5, 5.41) is 4.32. The Balaban J connectivity index is 0.00000225. The van der Waals surface area contributed by atoms with E-state index in [9.17, 15) is 8.42 Å². The van der Waals surface area contributed by atoms with Crippen LogP contribution >= 0.6 is 24.0 Å². The van der Waals surface area contributed by atoms with Crippen LogP contribution in [-0.2, 0) is 15.6 Å². The number of nitrogens with two attached hydrogens (primary N) is 1. The highest BCUT2D eigenvalue weighted by Crippen LogP contribution is 2.36. The first kappa shape index (κ1) is 20.1. The summed E-state index contributed by atoms with van der Waals surface area (Å²) in [4.78, 5) is 4.47. The van der Waals surface area contributed by atoms with Crippen molar-refractivity contribution in [3.8, 4) is 11.5 Å². The molecule has 0 aliphatic heterocycles.